The number of aryl methyl sites for hydroxylation is 6. The zero-order chi connectivity index (χ0) is 47.6. The smallest absolute Gasteiger partial charge is 0.250 e. The highest BCUT2D eigenvalue weighted by Gasteiger charge is 2.37. The number of aromatic nitrogens is 4. The van der Waals surface area contributed by atoms with Crippen LogP contribution < -0.4 is 18.9 Å². The van der Waals surface area contributed by atoms with Crippen molar-refractivity contribution in [1.82, 2.24) is 28.9 Å². The first-order valence-corrected chi connectivity index (χ1v) is 23.7. The molecule has 68 heavy (non-hydrogen) atoms. The van der Waals surface area contributed by atoms with Gasteiger partial charge >= 0.3 is 0 Å². The lowest BCUT2D eigenvalue weighted by molar-refractivity contribution is -0.131. The Labute approximate surface area is 399 Å². The van der Waals surface area contributed by atoms with E-state index in [0.29, 0.717) is 0 Å². The summed E-state index contributed by atoms with van der Waals surface area (Å²) in [5.74, 6) is 3.22. The van der Waals surface area contributed by atoms with Crippen LogP contribution in [-0.4, -0.2) is 82.2 Å². The molecule has 2 saturated heterocycles. The monoisotopic (exact) mass is 914 g/mol. The van der Waals surface area contributed by atoms with Gasteiger partial charge in [-0.2, -0.15) is 0 Å². The van der Waals surface area contributed by atoms with Gasteiger partial charge in [-0.15, -0.1) is 0 Å². The summed E-state index contributed by atoms with van der Waals surface area (Å²) < 4.78 is 26.1. The van der Waals surface area contributed by atoms with E-state index in [1.54, 1.807) is 28.4 Å². The molecular weight excluding hydrogens is 853 g/mol. The number of hydrogen-bond donors (Lipinski definition) is 0. The minimum atomic E-state index is 0.0830. The Morgan fingerprint density at radius 3 is 1.28 bits per heavy atom. The number of amides is 2. The van der Waals surface area contributed by atoms with Gasteiger partial charge in [-0.05, 0) is 184 Å². The highest BCUT2D eigenvalue weighted by Crippen LogP contribution is 2.45. The summed E-state index contributed by atoms with van der Waals surface area (Å²) in [5, 5.41) is 0. The molecule has 6 aromatic rings. The molecular formula is C56H62N6O6. The molecule has 2 amide bonds. The Kier molecular flexibility index (Phi) is 13.3. The minimum Gasteiger partial charge on any atom is -0.493 e. The fourth-order valence-corrected chi connectivity index (χ4v) is 10.6. The van der Waals surface area contributed by atoms with Crippen LogP contribution in [0.2, 0.25) is 0 Å². The molecule has 0 spiro atoms. The van der Waals surface area contributed by atoms with Gasteiger partial charge < -0.3 is 37.9 Å². The van der Waals surface area contributed by atoms with Crippen molar-refractivity contribution < 1.29 is 28.5 Å². The molecule has 2 fully saturated rings. The van der Waals surface area contributed by atoms with E-state index in [0.717, 1.165) is 144 Å². The van der Waals surface area contributed by atoms with Gasteiger partial charge in [0.25, 0.3) is 0 Å². The van der Waals surface area contributed by atoms with Crippen LogP contribution in [-0.2, 0) is 22.4 Å². The third-order valence-electron chi connectivity index (χ3n) is 14.0. The number of imidazole rings is 2. The predicted octanol–water partition coefficient (Wildman–Crippen LogP) is 10.4. The molecule has 0 radical (unpaired) electrons. The summed E-state index contributed by atoms with van der Waals surface area (Å²) >= 11 is 0. The molecule has 0 N–H and O–H groups in total. The predicted molar refractivity (Wildman–Crippen MR) is 265 cm³/mol. The highest BCUT2D eigenvalue weighted by atomic mass is 16.5. The fraction of sp³-hybridized carbons (Fsp3) is 0.357. The van der Waals surface area contributed by atoms with Crippen molar-refractivity contribution in [3.63, 3.8) is 0 Å². The minimum absolute atomic E-state index is 0.0830. The summed E-state index contributed by atoms with van der Waals surface area (Å²) in [6, 6.07) is 21.0. The standard InChI is InChI=1S/2C28H31N3O3/c2*1-18-12-20(7-9-24(18)30-16-19(2)29-17-30)13-22-6-5-11-31(28(22)32)25-10-8-21-14-26(33-3)27(34-4)15-23(21)25/h2*7,9,12-17,25H,5-6,8,10-11H2,1-4H3/b2*22-13+/t2*25-/m10/s1. The van der Waals surface area contributed by atoms with Gasteiger partial charge in [0.1, 0.15) is 0 Å². The molecule has 4 aliphatic rings. The van der Waals surface area contributed by atoms with E-state index in [9.17, 15) is 9.59 Å². The maximum Gasteiger partial charge on any atom is 0.250 e. The maximum atomic E-state index is 13.6. The molecule has 4 aromatic carbocycles. The highest BCUT2D eigenvalue weighted by molar-refractivity contribution is 5.99. The topological polar surface area (TPSA) is 113 Å². The summed E-state index contributed by atoms with van der Waals surface area (Å²) in [5.41, 5.74) is 15.2. The molecule has 4 heterocycles. The van der Waals surface area contributed by atoms with Crippen LogP contribution in [0.3, 0.4) is 0 Å². The summed E-state index contributed by atoms with van der Waals surface area (Å²) in [7, 11) is 6.63. The number of hydrogen-bond acceptors (Lipinski definition) is 8. The normalized spacial score (nSPS) is 18.9. The van der Waals surface area contributed by atoms with E-state index in [1.807, 2.05) is 48.0 Å². The lowest BCUT2D eigenvalue weighted by Gasteiger charge is -2.34. The molecule has 0 bridgehead atoms. The van der Waals surface area contributed by atoms with Gasteiger partial charge in [-0.1, -0.05) is 12.1 Å². The van der Waals surface area contributed by atoms with E-state index in [4.69, 9.17) is 18.9 Å². The summed E-state index contributed by atoms with van der Waals surface area (Å²) in [6.07, 6.45) is 19.2. The number of benzene rings is 4. The van der Waals surface area contributed by atoms with Crippen LogP contribution in [0.4, 0.5) is 0 Å². The lowest BCUT2D eigenvalue weighted by atomic mass is 9.96. The van der Waals surface area contributed by atoms with Crippen molar-refractivity contribution in [2.45, 2.75) is 91.1 Å². The molecule has 12 nitrogen and oxygen atoms in total. The molecule has 2 atom stereocenters. The number of likely N-dealkylation sites (tertiary alicyclic amines) is 2. The molecule has 10 rings (SSSR count). The lowest BCUT2D eigenvalue weighted by Crippen LogP contribution is -2.39. The summed E-state index contributed by atoms with van der Waals surface area (Å²) in [6.45, 7) is 9.73. The number of rotatable bonds is 10. The Hall–Kier alpha value is -7.08. The van der Waals surface area contributed by atoms with Crippen molar-refractivity contribution in [2.75, 3.05) is 41.5 Å². The molecule has 0 saturated carbocycles. The van der Waals surface area contributed by atoms with Crippen molar-refractivity contribution in [1.29, 1.82) is 0 Å². The number of carbonyl (C=O) groups is 2. The Bertz CT molecular complexity index is 2750. The largest absolute Gasteiger partial charge is 0.493 e. The van der Waals surface area contributed by atoms with Gasteiger partial charge in [-0.3, -0.25) is 9.59 Å². The van der Waals surface area contributed by atoms with Crippen LogP contribution in [0.5, 0.6) is 23.0 Å². The second-order valence-electron chi connectivity index (χ2n) is 18.4. The van der Waals surface area contributed by atoms with E-state index in [1.165, 1.54) is 22.3 Å². The second-order valence-corrected chi connectivity index (χ2v) is 18.4. The van der Waals surface area contributed by atoms with Gasteiger partial charge in [-0.25, -0.2) is 9.97 Å². The average Bonchev–Trinajstić information content (AvgIpc) is 4.17. The van der Waals surface area contributed by atoms with Crippen LogP contribution in [0.1, 0.15) is 107 Å². The molecule has 2 aliphatic carbocycles. The first-order chi connectivity index (χ1) is 33.0. The molecule has 0 unspecified atom stereocenters. The Balaban J connectivity index is 0.000000170. The second kappa shape index (κ2) is 19.6. The van der Waals surface area contributed by atoms with Gasteiger partial charge in [0.05, 0.1) is 64.6 Å². The summed E-state index contributed by atoms with van der Waals surface area (Å²) in [4.78, 5) is 39.9. The Morgan fingerprint density at radius 1 is 0.529 bits per heavy atom. The van der Waals surface area contributed by atoms with Crippen LogP contribution >= 0.6 is 0 Å². The first kappa shape index (κ1) is 46.0. The molecule has 12 heteroatoms. The van der Waals surface area contributed by atoms with Crippen molar-refractivity contribution in [3.05, 3.63) is 153 Å². The van der Waals surface area contributed by atoms with Crippen molar-refractivity contribution >= 4 is 24.0 Å². The van der Waals surface area contributed by atoms with Crippen LogP contribution in [0, 0.1) is 27.7 Å². The SMILES string of the molecule is COc1cc2c(cc1OC)[C@@H](N1CCC/C(=C\c3ccc(-n4cnc(C)c4)c(C)c3)C1=O)CC2.COc1cc2c(cc1OC)[C@H](N1CCC/C(=C\c3ccc(-n4cnc(C)c4)c(C)c3)C1=O)CC2. The van der Waals surface area contributed by atoms with Crippen LogP contribution in [0.25, 0.3) is 23.5 Å². The fourth-order valence-electron chi connectivity index (χ4n) is 10.6. The number of carbonyl (C=O) groups excluding carboxylic acids is 2. The number of ether oxygens (including phenoxy) is 4. The van der Waals surface area contributed by atoms with Gasteiger partial charge in [0.15, 0.2) is 23.0 Å². The number of piperidine rings is 2. The van der Waals surface area contributed by atoms with Gasteiger partial charge in [0, 0.05) is 48.0 Å². The van der Waals surface area contributed by atoms with E-state index in [-0.39, 0.29) is 23.9 Å². The zero-order valence-electron chi connectivity index (χ0n) is 40.6. The third kappa shape index (κ3) is 9.16. The average molecular weight is 915 g/mol. The molecule has 2 aromatic heterocycles. The Morgan fingerprint density at radius 2 is 0.926 bits per heavy atom. The van der Waals surface area contributed by atoms with Crippen LogP contribution in [0.15, 0.2) is 96.9 Å². The van der Waals surface area contributed by atoms with E-state index in [2.05, 4.69) is 106 Å². The van der Waals surface area contributed by atoms with Crippen molar-refractivity contribution in [3.8, 4) is 34.4 Å². The van der Waals surface area contributed by atoms with E-state index < -0.39 is 0 Å². The molecule has 2 aliphatic heterocycles. The van der Waals surface area contributed by atoms with E-state index >= 15 is 0 Å². The van der Waals surface area contributed by atoms with Crippen molar-refractivity contribution in [2.24, 2.45) is 0 Å². The number of fused-ring (bicyclic) bond motifs is 2. The van der Waals surface area contributed by atoms with Gasteiger partial charge in [0.2, 0.25) is 11.8 Å². The third-order valence-corrected chi connectivity index (χ3v) is 14.0. The quantitative estimate of drug-likeness (QED) is 0.125. The first-order valence-electron chi connectivity index (χ1n) is 23.7. The zero-order valence-corrected chi connectivity index (χ0v) is 40.6. The molecule has 352 valence electrons. The number of nitrogens with zero attached hydrogens (tertiary/aromatic N) is 6. The number of methoxy groups -OCH3 is 4. The maximum absolute atomic E-state index is 13.6.